The number of nitrogens with one attached hydrogen (secondary N) is 1. The highest BCUT2D eigenvalue weighted by atomic mass is 19.4. The third-order valence-electron chi connectivity index (χ3n) is 5.84. The Morgan fingerprint density at radius 1 is 1.18 bits per heavy atom. The molecular weight excluding hydrogens is 453 g/mol. The van der Waals surface area contributed by atoms with Gasteiger partial charge >= 0.3 is 12.3 Å². The predicted octanol–water partition coefficient (Wildman–Crippen LogP) is 4.30. The summed E-state index contributed by atoms with van der Waals surface area (Å²) in [6.07, 6.45) is -4.28. The molecule has 3 heterocycles. The molecule has 11 heteroatoms. The minimum Gasteiger partial charge on any atom is -0.449 e. The zero-order valence-corrected chi connectivity index (χ0v) is 18.0. The SMILES string of the molecule is O=C(Nc1nc2cc(N3CCCOC3=O)ccc2n1CC1COC1)c1cccc(C(F)(F)F)c1. The number of fused-ring (bicyclic) bond motifs is 1. The van der Waals surface area contributed by atoms with Gasteiger partial charge in [-0.25, -0.2) is 9.78 Å². The fourth-order valence-corrected chi connectivity index (χ4v) is 4.01. The van der Waals surface area contributed by atoms with E-state index in [1.165, 1.54) is 17.0 Å². The Labute approximate surface area is 192 Å². The van der Waals surface area contributed by atoms with Gasteiger partial charge < -0.3 is 14.0 Å². The van der Waals surface area contributed by atoms with E-state index in [-0.39, 0.29) is 17.4 Å². The van der Waals surface area contributed by atoms with Gasteiger partial charge in [0.1, 0.15) is 0 Å². The van der Waals surface area contributed by atoms with E-state index in [0.717, 1.165) is 17.6 Å². The second kappa shape index (κ2) is 8.64. The van der Waals surface area contributed by atoms with Gasteiger partial charge in [-0.3, -0.25) is 15.0 Å². The van der Waals surface area contributed by atoms with Crippen LogP contribution in [0.3, 0.4) is 0 Å². The number of imidazole rings is 1. The third kappa shape index (κ3) is 4.30. The number of carbonyl (C=O) groups is 2. The van der Waals surface area contributed by atoms with Crippen molar-refractivity contribution in [3.05, 3.63) is 53.6 Å². The molecule has 8 nitrogen and oxygen atoms in total. The zero-order chi connectivity index (χ0) is 23.9. The Bertz CT molecular complexity index is 1250. The fourth-order valence-electron chi connectivity index (χ4n) is 4.01. The molecule has 178 valence electrons. The molecule has 0 bridgehead atoms. The summed E-state index contributed by atoms with van der Waals surface area (Å²) in [6.45, 7) is 2.54. The summed E-state index contributed by atoms with van der Waals surface area (Å²) >= 11 is 0. The van der Waals surface area contributed by atoms with E-state index < -0.39 is 23.7 Å². The second-order valence-corrected chi connectivity index (χ2v) is 8.27. The molecule has 2 aliphatic rings. The number of amides is 2. The molecule has 2 amide bonds. The zero-order valence-electron chi connectivity index (χ0n) is 18.0. The molecule has 0 saturated carbocycles. The van der Waals surface area contributed by atoms with Crippen molar-refractivity contribution in [1.82, 2.24) is 9.55 Å². The lowest BCUT2D eigenvalue weighted by Gasteiger charge is -2.27. The van der Waals surface area contributed by atoms with Gasteiger partial charge in [0.2, 0.25) is 5.95 Å². The third-order valence-corrected chi connectivity index (χ3v) is 5.84. The largest absolute Gasteiger partial charge is 0.449 e. The molecule has 0 spiro atoms. The molecule has 3 aromatic rings. The number of alkyl halides is 3. The van der Waals surface area contributed by atoms with Gasteiger partial charge in [0, 0.05) is 30.3 Å². The number of ether oxygens (including phenoxy) is 2. The molecule has 0 aliphatic carbocycles. The highest BCUT2D eigenvalue weighted by molar-refractivity contribution is 6.04. The van der Waals surface area contributed by atoms with Gasteiger partial charge in [-0.2, -0.15) is 13.2 Å². The first-order valence-corrected chi connectivity index (χ1v) is 10.8. The summed E-state index contributed by atoms with van der Waals surface area (Å²) in [4.78, 5) is 31.0. The summed E-state index contributed by atoms with van der Waals surface area (Å²) in [5, 5.41) is 2.66. The first-order valence-electron chi connectivity index (χ1n) is 10.8. The van der Waals surface area contributed by atoms with Gasteiger partial charge in [0.15, 0.2) is 0 Å². The van der Waals surface area contributed by atoms with Crippen molar-refractivity contribution in [3.8, 4) is 0 Å². The molecule has 1 aromatic heterocycles. The maximum atomic E-state index is 13.1. The van der Waals surface area contributed by atoms with Gasteiger partial charge in [-0.15, -0.1) is 0 Å². The van der Waals surface area contributed by atoms with Gasteiger partial charge in [0.25, 0.3) is 5.91 Å². The van der Waals surface area contributed by atoms with Gasteiger partial charge in [0.05, 0.1) is 36.4 Å². The highest BCUT2D eigenvalue weighted by Gasteiger charge is 2.31. The normalized spacial score (nSPS) is 16.9. The first-order chi connectivity index (χ1) is 16.3. The average Bonchev–Trinajstić information content (AvgIpc) is 3.12. The van der Waals surface area contributed by atoms with Crippen LogP contribution in [0, 0.1) is 5.92 Å². The predicted molar refractivity (Wildman–Crippen MR) is 117 cm³/mol. The van der Waals surface area contributed by atoms with E-state index in [9.17, 15) is 22.8 Å². The molecule has 0 unspecified atom stereocenters. The van der Waals surface area contributed by atoms with Crippen molar-refractivity contribution in [2.75, 3.05) is 36.6 Å². The van der Waals surface area contributed by atoms with Crippen LogP contribution in [0.15, 0.2) is 42.5 Å². The molecule has 2 fully saturated rings. The van der Waals surface area contributed by atoms with Crippen LogP contribution < -0.4 is 10.2 Å². The molecule has 34 heavy (non-hydrogen) atoms. The van der Waals surface area contributed by atoms with Crippen LogP contribution >= 0.6 is 0 Å². The lowest BCUT2D eigenvalue weighted by molar-refractivity contribution is -0.137. The smallest absolute Gasteiger partial charge is 0.416 e. The molecule has 5 rings (SSSR count). The topological polar surface area (TPSA) is 85.7 Å². The quantitative estimate of drug-likeness (QED) is 0.596. The Kier molecular flexibility index (Phi) is 5.64. The van der Waals surface area contributed by atoms with E-state index in [0.29, 0.717) is 50.5 Å². The minimum atomic E-state index is -4.56. The first kappa shape index (κ1) is 22.2. The van der Waals surface area contributed by atoms with Crippen LogP contribution in [0.1, 0.15) is 22.3 Å². The second-order valence-electron chi connectivity index (χ2n) is 8.27. The summed E-state index contributed by atoms with van der Waals surface area (Å²) in [7, 11) is 0. The monoisotopic (exact) mass is 474 g/mol. The van der Waals surface area contributed by atoms with E-state index in [4.69, 9.17) is 9.47 Å². The molecule has 0 atom stereocenters. The van der Waals surface area contributed by atoms with Crippen molar-refractivity contribution in [3.63, 3.8) is 0 Å². The molecular formula is C23H21F3N4O4. The van der Waals surface area contributed by atoms with Crippen molar-refractivity contribution >= 4 is 34.7 Å². The van der Waals surface area contributed by atoms with Gasteiger partial charge in [-0.05, 0) is 42.8 Å². The number of carbonyl (C=O) groups excluding carboxylic acids is 2. The van der Waals surface area contributed by atoms with E-state index in [1.807, 2.05) is 4.57 Å². The highest BCUT2D eigenvalue weighted by Crippen LogP contribution is 2.31. The Hall–Kier alpha value is -3.60. The van der Waals surface area contributed by atoms with E-state index in [2.05, 4.69) is 10.3 Å². The lowest BCUT2D eigenvalue weighted by atomic mass is 10.1. The molecule has 0 radical (unpaired) electrons. The fraction of sp³-hybridized carbons (Fsp3) is 0.348. The number of hydrogen-bond acceptors (Lipinski definition) is 5. The van der Waals surface area contributed by atoms with Crippen molar-refractivity contribution in [2.24, 2.45) is 5.92 Å². The molecule has 2 aromatic carbocycles. The van der Waals surface area contributed by atoms with Crippen LogP contribution in [0.4, 0.5) is 29.6 Å². The van der Waals surface area contributed by atoms with Crippen molar-refractivity contribution in [1.29, 1.82) is 0 Å². The lowest BCUT2D eigenvalue weighted by Crippen LogP contribution is -2.37. The molecule has 1 N–H and O–H groups in total. The number of cyclic esters (lactones) is 1. The number of aromatic nitrogens is 2. The van der Waals surface area contributed by atoms with Gasteiger partial charge in [-0.1, -0.05) is 6.07 Å². The van der Waals surface area contributed by atoms with E-state index in [1.54, 1.807) is 18.2 Å². The summed E-state index contributed by atoms with van der Waals surface area (Å²) in [5.41, 5.74) is 0.843. The number of rotatable bonds is 5. The Morgan fingerprint density at radius 3 is 2.71 bits per heavy atom. The maximum absolute atomic E-state index is 13.1. The van der Waals surface area contributed by atoms with E-state index >= 15 is 0 Å². The Balaban J connectivity index is 1.48. The average molecular weight is 474 g/mol. The Morgan fingerprint density at radius 2 is 2.00 bits per heavy atom. The number of nitrogens with zero attached hydrogens (tertiary/aromatic N) is 3. The van der Waals surface area contributed by atoms with Crippen LogP contribution in [-0.2, 0) is 22.2 Å². The summed E-state index contributed by atoms with van der Waals surface area (Å²) in [6, 6.07) is 9.54. The van der Waals surface area contributed by atoms with Crippen LogP contribution in [0.2, 0.25) is 0 Å². The maximum Gasteiger partial charge on any atom is 0.416 e. The van der Waals surface area contributed by atoms with Crippen LogP contribution in [-0.4, -0.2) is 47.9 Å². The molecule has 2 aliphatic heterocycles. The number of halogens is 3. The number of benzene rings is 2. The van der Waals surface area contributed by atoms with Crippen LogP contribution in [0.5, 0.6) is 0 Å². The summed E-state index contributed by atoms with van der Waals surface area (Å²) in [5.74, 6) is -0.270. The standard InChI is InChI=1S/C23H21F3N4O4/c24-23(25,26)16-4-1-3-15(9-16)20(31)28-21-27-18-10-17(29-7-2-8-34-22(29)32)5-6-19(18)30(21)11-14-12-33-13-14/h1,3-6,9-10,14H,2,7-8,11-13H2,(H,27,28,31). The number of anilines is 2. The summed E-state index contributed by atoms with van der Waals surface area (Å²) < 4.78 is 51.4. The van der Waals surface area contributed by atoms with Crippen molar-refractivity contribution < 1.29 is 32.2 Å². The minimum absolute atomic E-state index is 0.128. The number of hydrogen-bond donors (Lipinski definition) is 1. The van der Waals surface area contributed by atoms with Crippen molar-refractivity contribution in [2.45, 2.75) is 19.1 Å². The molecule has 2 saturated heterocycles. The van der Waals surface area contributed by atoms with Crippen LogP contribution in [0.25, 0.3) is 11.0 Å².